The molecule has 20 heavy (non-hydrogen) atoms. The molecule has 1 aliphatic heterocycles. The van der Waals surface area contributed by atoms with Crippen LogP contribution in [0.5, 0.6) is 0 Å². The van der Waals surface area contributed by atoms with Crippen molar-refractivity contribution in [1.29, 1.82) is 0 Å². The summed E-state index contributed by atoms with van der Waals surface area (Å²) >= 11 is 0. The van der Waals surface area contributed by atoms with Crippen LogP contribution in [-0.4, -0.2) is 35.9 Å². The second-order valence-corrected chi connectivity index (χ2v) is 5.32. The third-order valence-electron chi connectivity index (χ3n) is 2.24. The van der Waals surface area contributed by atoms with Crippen LogP contribution in [0.1, 0.15) is 31.1 Å². The molecule has 0 aliphatic carbocycles. The molecule has 4 nitrogen and oxygen atoms in total. The van der Waals surface area contributed by atoms with Crippen LogP contribution < -0.4 is 5.32 Å². The molecule has 0 radical (unpaired) electrons. The fourth-order valence-electron chi connectivity index (χ4n) is 1.20. The molecular formula is C14H21ClFNO3. The number of ether oxygens (including phenoxy) is 1. The molecule has 114 valence electrons. The molecule has 1 aromatic carbocycles. The molecule has 0 amide bonds. The van der Waals surface area contributed by atoms with Crippen LogP contribution in [0.25, 0.3) is 0 Å². The quantitative estimate of drug-likeness (QED) is 0.781. The topological polar surface area (TPSA) is 58.6 Å². The average Bonchev–Trinajstić information content (AvgIpc) is 2.25. The van der Waals surface area contributed by atoms with E-state index in [1.165, 1.54) is 24.3 Å². The van der Waals surface area contributed by atoms with Crippen LogP contribution in [-0.2, 0) is 4.74 Å². The number of aliphatic hydroxyl groups is 1. The van der Waals surface area contributed by atoms with Gasteiger partial charge in [-0.15, -0.1) is 12.4 Å². The van der Waals surface area contributed by atoms with Crippen molar-refractivity contribution < 1.29 is 19.0 Å². The molecule has 1 heterocycles. The van der Waals surface area contributed by atoms with E-state index in [-0.39, 0.29) is 24.3 Å². The summed E-state index contributed by atoms with van der Waals surface area (Å²) in [5, 5.41) is 11.3. The predicted octanol–water partition coefficient (Wildman–Crippen LogP) is 2.15. The van der Waals surface area contributed by atoms with E-state index in [2.05, 4.69) is 5.32 Å². The lowest BCUT2D eigenvalue weighted by atomic mass is 10.1. The molecule has 1 aliphatic rings. The third kappa shape index (κ3) is 7.43. The Morgan fingerprint density at radius 3 is 2.05 bits per heavy atom. The first kappa shape index (κ1) is 18.8. The second kappa shape index (κ2) is 8.19. The summed E-state index contributed by atoms with van der Waals surface area (Å²) in [4.78, 5) is 11.4. The van der Waals surface area contributed by atoms with Crippen molar-refractivity contribution in [1.82, 2.24) is 5.32 Å². The average molecular weight is 306 g/mol. The zero-order valence-electron chi connectivity index (χ0n) is 11.9. The number of nitrogens with one attached hydrogen (secondary N) is 1. The summed E-state index contributed by atoms with van der Waals surface area (Å²) < 4.78 is 17.6. The first-order valence-electron chi connectivity index (χ1n) is 6.15. The van der Waals surface area contributed by atoms with Gasteiger partial charge < -0.3 is 15.2 Å². The predicted molar refractivity (Wildman–Crippen MR) is 77.7 cm³/mol. The van der Waals surface area contributed by atoms with Gasteiger partial charge in [-0.1, -0.05) is 0 Å². The molecule has 0 spiro atoms. The fourth-order valence-corrected chi connectivity index (χ4v) is 1.20. The van der Waals surface area contributed by atoms with Gasteiger partial charge in [0.1, 0.15) is 11.4 Å². The standard InChI is InChI=1S/C11H13FO2.C3H7NO.ClH/c1-11(2,3)14-10(13)8-4-6-9(12)7-5-8;5-3-1-4-2-3;/h4-7H,1-3H3;3-5H,1-2H2;1H. The van der Waals surface area contributed by atoms with Gasteiger partial charge in [-0.05, 0) is 45.0 Å². The van der Waals surface area contributed by atoms with Gasteiger partial charge in [-0.3, -0.25) is 0 Å². The zero-order chi connectivity index (χ0) is 14.5. The van der Waals surface area contributed by atoms with Crippen LogP contribution in [0, 0.1) is 5.82 Å². The summed E-state index contributed by atoms with van der Waals surface area (Å²) in [6.45, 7) is 6.94. The number of carbonyl (C=O) groups is 1. The third-order valence-corrected chi connectivity index (χ3v) is 2.24. The Balaban J connectivity index is 0.000000507. The van der Waals surface area contributed by atoms with Gasteiger partial charge in [0.25, 0.3) is 0 Å². The zero-order valence-corrected chi connectivity index (χ0v) is 12.7. The number of benzene rings is 1. The highest BCUT2D eigenvalue weighted by atomic mass is 35.5. The Hall–Kier alpha value is -1.17. The first-order chi connectivity index (χ1) is 8.78. The first-order valence-corrected chi connectivity index (χ1v) is 6.15. The van der Waals surface area contributed by atoms with Gasteiger partial charge in [-0.25, -0.2) is 9.18 Å². The molecule has 2 rings (SSSR count). The smallest absolute Gasteiger partial charge is 0.338 e. The van der Waals surface area contributed by atoms with E-state index in [9.17, 15) is 9.18 Å². The van der Waals surface area contributed by atoms with E-state index >= 15 is 0 Å². The normalized spacial score (nSPS) is 14.2. The number of rotatable bonds is 1. The van der Waals surface area contributed by atoms with E-state index in [1.54, 1.807) is 20.8 Å². The SMILES string of the molecule is CC(C)(C)OC(=O)c1ccc(F)cc1.Cl.OC1CNC1. The van der Waals surface area contributed by atoms with Crippen molar-refractivity contribution in [2.75, 3.05) is 13.1 Å². The molecule has 0 unspecified atom stereocenters. The fraction of sp³-hybridized carbons (Fsp3) is 0.500. The number of β-amino-alcohol motifs (C(OH)–C–C–N with tert-alkyl or cyclic N) is 1. The lowest BCUT2D eigenvalue weighted by molar-refractivity contribution is 0.00695. The number of esters is 1. The highest BCUT2D eigenvalue weighted by molar-refractivity contribution is 5.89. The number of halogens is 2. The monoisotopic (exact) mass is 305 g/mol. The highest BCUT2D eigenvalue weighted by Gasteiger charge is 2.17. The Morgan fingerprint density at radius 1 is 1.30 bits per heavy atom. The molecule has 1 fully saturated rings. The van der Waals surface area contributed by atoms with E-state index in [0.29, 0.717) is 5.56 Å². The number of hydrogen-bond donors (Lipinski definition) is 2. The van der Waals surface area contributed by atoms with E-state index in [1.807, 2.05) is 0 Å². The summed E-state index contributed by atoms with van der Waals surface area (Å²) in [5.74, 6) is -0.796. The molecule has 6 heteroatoms. The van der Waals surface area contributed by atoms with Crippen molar-refractivity contribution in [2.24, 2.45) is 0 Å². The van der Waals surface area contributed by atoms with Crippen LogP contribution >= 0.6 is 12.4 Å². The Bertz CT molecular complexity index is 413. The maximum absolute atomic E-state index is 12.5. The largest absolute Gasteiger partial charge is 0.456 e. The summed E-state index contributed by atoms with van der Waals surface area (Å²) in [7, 11) is 0. The summed E-state index contributed by atoms with van der Waals surface area (Å²) in [6, 6.07) is 5.28. The maximum atomic E-state index is 12.5. The Labute approximate surface area is 124 Å². The van der Waals surface area contributed by atoms with Crippen molar-refractivity contribution in [2.45, 2.75) is 32.5 Å². The maximum Gasteiger partial charge on any atom is 0.338 e. The van der Waals surface area contributed by atoms with E-state index < -0.39 is 11.6 Å². The molecule has 0 atom stereocenters. The van der Waals surface area contributed by atoms with Crippen LogP contribution in [0.2, 0.25) is 0 Å². The summed E-state index contributed by atoms with van der Waals surface area (Å²) in [5.41, 5.74) is -0.160. The molecule has 1 aromatic rings. The summed E-state index contributed by atoms with van der Waals surface area (Å²) in [6.07, 6.45) is -0.0463. The minimum absolute atomic E-state index is 0. The molecule has 0 saturated carbocycles. The van der Waals surface area contributed by atoms with Gasteiger partial charge >= 0.3 is 5.97 Å². The number of aliphatic hydroxyl groups excluding tert-OH is 1. The van der Waals surface area contributed by atoms with Crippen LogP contribution in [0.15, 0.2) is 24.3 Å². The Kier molecular flexibility index (Phi) is 7.71. The minimum Gasteiger partial charge on any atom is -0.456 e. The van der Waals surface area contributed by atoms with Gasteiger partial charge in [-0.2, -0.15) is 0 Å². The molecule has 1 saturated heterocycles. The molecule has 0 bridgehead atoms. The van der Waals surface area contributed by atoms with Crippen molar-refractivity contribution in [3.05, 3.63) is 35.6 Å². The number of hydrogen-bond acceptors (Lipinski definition) is 4. The molecule has 0 aromatic heterocycles. The lowest BCUT2D eigenvalue weighted by Gasteiger charge is -2.20. The minimum atomic E-state index is -0.522. The van der Waals surface area contributed by atoms with Gasteiger partial charge in [0, 0.05) is 13.1 Å². The highest BCUT2D eigenvalue weighted by Crippen LogP contribution is 2.12. The second-order valence-electron chi connectivity index (χ2n) is 5.32. The number of carbonyl (C=O) groups excluding carboxylic acids is 1. The van der Waals surface area contributed by atoms with E-state index in [0.717, 1.165) is 13.1 Å². The van der Waals surface area contributed by atoms with Crippen LogP contribution in [0.3, 0.4) is 0 Å². The van der Waals surface area contributed by atoms with Crippen molar-refractivity contribution in [3.8, 4) is 0 Å². The van der Waals surface area contributed by atoms with Gasteiger partial charge in [0.05, 0.1) is 11.7 Å². The van der Waals surface area contributed by atoms with E-state index in [4.69, 9.17) is 9.84 Å². The van der Waals surface area contributed by atoms with Crippen molar-refractivity contribution in [3.63, 3.8) is 0 Å². The van der Waals surface area contributed by atoms with Crippen molar-refractivity contribution >= 4 is 18.4 Å². The molecular weight excluding hydrogens is 285 g/mol. The van der Waals surface area contributed by atoms with Gasteiger partial charge in [0.15, 0.2) is 0 Å². The van der Waals surface area contributed by atoms with Crippen LogP contribution in [0.4, 0.5) is 4.39 Å². The van der Waals surface area contributed by atoms with Gasteiger partial charge in [0.2, 0.25) is 0 Å². The Morgan fingerprint density at radius 2 is 1.75 bits per heavy atom. The lowest BCUT2D eigenvalue weighted by Crippen LogP contribution is -2.46. The molecule has 2 N–H and O–H groups in total.